The van der Waals surface area contributed by atoms with E-state index in [1.54, 1.807) is 24.4 Å². The van der Waals surface area contributed by atoms with Gasteiger partial charge in [0.15, 0.2) is 5.84 Å². The Morgan fingerprint density at radius 3 is 2.65 bits per heavy atom. The van der Waals surface area contributed by atoms with Crippen molar-refractivity contribution in [2.75, 3.05) is 7.11 Å². The molecule has 0 unspecified atom stereocenters. The second-order valence-electron chi connectivity index (χ2n) is 5.18. The van der Waals surface area contributed by atoms with Gasteiger partial charge in [0.1, 0.15) is 17.8 Å². The minimum absolute atomic E-state index is 0.265. The highest BCUT2D eigenvalue weighted by Crippen LogP contribution is 2.30. The van der Waals surface area contributed by atoms with Crippen LogP contribution in [0, 0.1) is 0 Å². The van der Waals surface area contributed by atoms with Crippen LogP contribution in [0.25, 0.3) is 6.08 Å². The topological polar surface area (TPSA) is 54.3 Å². The van der Waals surface area contributed by atoms with Crippen LogP contribution in [-0.4, -0.2) is 30.1 Å². The molecule has 2 aliphatic heterocycles. The molecule has 2 aliphatic rings. The van der Waals surface area contributed by atoms with Gasteiger partial charge in [0.05, 0.1) is 12.8 Å². The summed E-state index contributed by atoms with van der Waals surface area (Å²) in [6, 6.07) is 15.1. The second-order valence-corrected chi connectivity index (χ2v) is 5.18. The molecule has 0 saturated heterocycles. The summed E-state index contributed by atoms with van der Waals surface area (Å²) in [5.41, 5.74) is 3.07. The van der Waals surface area contributed by atoms with Crippen molar-refractivity contribution in [1.82, 2.24) is 4.90 Å². The van der Waals surface area contributed by atoms with Crippen molar-refractivity contribution >= 4 is 29.8 Å². The number of aliphatic imine (C=N–C) groups is 2. The Bertz CT molecular complexity index is 879. The maximum absolute atomic E-state index is 12.3. The maximum atomic E-state index is 12.3. The number of ether oxygens (including phenoxy) is 1. The lowest BCUT2D eigenvalue weighted by Gasteiger charge is -2.20. The van der Waals surface area contributed by atoms with Crippen LogP contribution in [0.5, 0.6) is 5.75 Å². The van der Waals surface area contributed by atoms with Gasteiger partial charge >= 0.3 is 0 Å². The largest absolute Gasteiger partial charge is 0.497 e. The highest BCUT2D eigenvalue weighted by molar-refractivity contribution is 6.25. The van der Waals surface area contributed by atoms with Crippen molar-refractivity contribution in [2.45, 2.75) is 0 Å². The monoisotopic (exact) mass is 303 g/mol. The first kappa shape index (κ1) is 13.5. The molecule has 0 fully saturated rings. The van der Waals surface area contributed by atoms with E-state index in [4.69, 9.17) is 4.74 Å². The predicted molar refractivity (Wildman–Crippen MR) is 88.9 cm³/mol. The smallest absolute Gasteiger partial charge is 0.296 e. The molecule has 0 saturated carbocycles. The number of rotatable bonds is 2. The lowest BCUT2D eigenvalue weighted by Crippen LogP contribution is -2.28. The SMILES string of the molecule is COc1ccc(C=C2C(=O)N=C3c4ccccc4N=CN23)cc1. The maximum Gasteiger partial charge on any atom is 0.296 e. The Morgan fingerprint density at radius 2 is 1.87 bits per heavy atom. The minimum atomic E-state index is -0.265. The van der Waals surface area contributed by atoms with E-state index in [1.807, 2.05) is 48.5 Å². The number of carbonyl (C=O) groups is 1. The van der Waals surface area contributed by atoms with Crippen molar-refractivity contribution in [2.24, 2.45) is 9.98 Å². The molecule has 5 nitrogen and oxygen atoms in total. The number of amidine groups is 1. The van der Waals surface area contributed by atoms with Gasteiger partial charge in [0, 0.05) is 5.56 Å². The number of methoxy groups -OCH3 is 1. The molecule has 1 amide bonds. The van der Waals surface area contributed by atoms with Crippen LogP contribution in [-0.2, 0) is 4.79 Å². The average molecular weight is 303 g/mol. The molecule has 2 heterocycles. The number of para-hydroxylation sites is 1. The van der Waals surface area contributed by atoms with Gasteiger partial charge in [-0.25, -0.2) is 4.99 Å². The van der Waals surface area contributed by atoms with Gasteiger partial charge in [-0.05, 0) is 35.9 Å². The molecular weight excluding hydrogens is 290 g/mol. The van der Waals surface area contributed by atoms with E-state index in [-0.39, 0.29) is 5.91 Å². The molecule has 0 aromatic heterocycles. The van der Waals surface area contributed by atoms with Crippen LogP contribution >= 0.6 is 0 Å². The fourth-order valence-corrected chi connectivity index (χ4v) is 2.62. The zero-order valence-electron chi connectivity index (χ0n) is 12.4. The van der Waals surface area contributed by atoms with Crippen LogP contribution < -0.4 is 4.74 Å². The van der Waals surface area contributed by atoms with Gasteiger partial charge in [0.25, 0.3) is 5.91 Å². The second kappa shape index (κ2) is 5.21. The molecule has 2 aromatic rings. The molecule has 0 radical (unpaired) electrons. The van der Waals surface area contributed by atoms with Crippen LogP contribution in [0.3, 0.4) is 0 Å². The van der Waals surface area contributed by atoms with Crippen molar-refractivity contribution in [3.05, 3.63) is 65.4 Å². The van der Waals surface area contributed by atoms with Gasteiger partial charge in [-0.15, -0.1) is 0 Å². The van der Waals surface area contributed by atoms with Crippen LogP contribution in [0.2, 0.25) is 0 Å². The average Bonchev–Trinajstić information content (AvgIpc) is 2.92. The number of hydrogen-bond donors (Lipinski definition) is 0. The van der Waals surface area contributed by atoms with Crippen molar-refractivity contribution in [1.29, 1.82) is 0 Å². The standard InChI is InChI=1S/C18H13N3O2/c1-23-13-8-6-12(7-9-13)10-16-18(22)20-17-14-4-2-3-5-15(14)19-11-21(16)17/h2-11H,1H3. The van der Waals surface area contributed by atoms with Crippen LogP contribution in [0.4, 0.5) is 5.69 Å². The fourth-order valence-electron chi connectivity index (χ4n) is 2.62. The summed E-state index contributed by atoms with van der Waals surface area (Å²) in [5, 5.41) is 0. The third kappa shape index (κ3) is 2.23. The minimum Gasteiger partial charge on any atom is -0.497 e. The first-order chi connectivity index (χ1) is 11.3. The summed E-state index contributed by atoms with van der Waals surface area (Å²) >= 11 is 0. The molecule has 5 heteroatoms. The van der Waals surface area contributed by atoms with Crippen LogP contribution in [0.15, 0.2) is 64.2 Å². The van der Waals surface area contributed by atoms with Gasteiger partial charge < -0.3 is 4.74 Å². The Morgan fingerprint density at radius 1 is 1.09 bits per heavy atom. The Kier molecular flexibility index (Phi) is 3.05. The molecular formula is C18H13N3O2. The zero-order chi connectivity index (χ0) is 15.8. The number of amides is 1. The number of carbonyl (C=O) groups excluding carboxylic acids is 1. The number of benzene rings is 2. The fraction of sp³-hybridized carbons (Fsp3) is 0.0556. The molecule has 0 bridgehead atoms. The molecule has 112 valence electrons. The predicted octanol–water partition coefficient (Wildman–Crippen LogP) is 3.00. The Hall–Kier alpha value is -3.21. The summed E-state index contributed by atoms with van der Waals surface area (Å²) in [6.45, 7) is 0. The van der Waals surface area contributed by atoms with Gasteiger partial charge in [-0.3, -0.25) is 9.69 Å². The Balaban J connectivity index is 1.73. The Labute approximate surface area is 133 Å². The van der Waals surface area contributed by atoms with E-state index in [0.717, 1.165) is 22.6 Å². The number of nitrogens with zero attached hydrogens (tertiary/aromatic N) is 3. The summed E-state index contributed by atoms with van der Waals surface area (Å²) in [6.07, 6.45) is 3.44. The first-order valence-electron chi connectivity index (χ1n) is 7.18. The quantitative estimate of drug-likeness (QED) is 0.801. The van der Waals surface area contributed by atoms with Crippen LogP contribution in [0.1, 0.15) is 11.1 Å². The van der Waals surface area contributed by atoms with E-state index in [2.05, 4.69) is 9.98 Å². The molecule has 4 rings (SSSR count). The first-order valence-corrected chi connectivity index (χ1v) is 7.18. The van der Waals surface area contributed by atoms with Gasteiger partial charge in [-0.1, -0.05) is 24.3 Å². The molecule has 0 aliphatic carbocycles. The third-order valence-electron chi connectivity index (χ3n) is 3.79. The zero-order valence-corrected chi connectivity index (χ0v) is 12.4. The summed E-state index contributed by atoms with van der Waals surface area (Å²) in [5.74, 6) is 1.13. The summed E-state index contributed by atoms with van der Waals surface area (Å²) in [4.78, 5) is 22.6. The van der Waals surface area contributed by atoms with E-state index in [9.17, 15) is 4.79 Å². The van der Waals surface area contributed by atoms with Gasteiger partial charge in [0.2, 0.25) is 0 Å². The van der Waals surface area contributed by atoms with E-state index < -0.39 is 0 Å². The lowest BCUT2D eigenvalue weighted by molar-refractivity contribution is -0.114. The van der Waals surface area contributed by atoms with Crippen molar-refractivity contribution in [3.63, 3.8) is 0 Å². The normalized spacial score (nSPS) is 17.1. The van der Waals surface area contributed by atoms with E-state index in [0.29, 0.717) is 11.5 Å². The lowest BCUT2D eigenvalue weighted by atomic mass is 10.1. The molecule has 23 heavy (non-hydrogen) atoms. The molecule has 0 N–H and O–H groups in total. The molecule has 2 aromatic carbocycles. The van der Waals surface area contributed by atoms with E-state index in [1.165, 1.54) is 0 Å². The molecule has 0 spiro atoms. The number of fused-ring (bicyclic) bond motifs is 3. The third-order valence-corrected chi connectivity index (χ3v) is 3.79. The highest BCUT2D eigenvalue weighted by Gasteiger charge is 2.32. The highest BCUT2D eigenvalue weighted by atomic mass is 16.5. The van der Waals surface area contributed by atoms with E-state index >= 15 is 0 Å². The summed E-state index contributed by atoms with van der Waals surface area (Å²) in [7, 11) is 1.62. The van der Waals surface area contributed by atoms with Crippen molar-refractivity contribution in [3.8, 4) is 5.75 Å². The van der Waals surface area contributed by atoms with Crippen molar-refractivity contribution < 1.29 is 9.53 Å². The summed E-state index contributed by atoms with van der Waals surface area (Å²) < 4.78 is 5.14. The molecule has 0 atom stereocenters. The number of hydrogen-bond acceptors (Lipinski definition) is 4. The van der Waals surface area contributed by atoms with Gasteiger partial charge in [-0.2, -0.15) is 4.99 Å².